The van der Waals surface area contributed by atoms with Gasteiger partial charge in [-0.15, -0.1) is 0 Å². The van der Waals surface area contributed by atoms with Crippen molar-refractivity contribution in [2.24, 2.45) is 0 Å². The second kappa shape index (κ2) is 6.09. The number of benzene rings is 2. The molecule has 0 fully saturated rings. The van der Waals surface area contributed by atoms with Crippen LogP contribution in [0.15, 0.2) is 36.4 Å². The van der Waals surface area contributed by atoms with Crippen LogP contribution < -0.4 is 5.32 Å². The fourth-order valence-electron chi connectivity index (χ4n) is 2.72. The molecule has 5 nitrogen and oxygen atoms in total. The smallest absolute Gasteiger partial charge is 0.263 e. The molecule has 122 valence electrons. The highest BCUT2D eigenvalue weighted by Crippen LogP contribution is 2.29. The first kappa shape index (κ1) is 16.2. The van der Waals surface area contributed by atoms with Crippen molar-refractivity contribution in [3.8, 4) is 0 Å². The zero-order valence-corrected chi connectivity index (χ0v) is 14.0. The zero-order chi connectivity index (χ0) is 17.4. The predicted octanol–water partition coefficient (Wildman–Crippen LogP) is 3.19. The van der Waals surface area contributed by atoms with E-state index in [-0.39, 0.29) is 22.7 Å². The SMILES string of the molecule is Cc1ccc(NC(=O)CN2C(=O)c3cccc(Cl)c3C2=O)c(C)c1. The normalized spacial score (nSPS) is 13.2. The largest absolute Gasteiger partial charge is 0.324 e. The average molecular weight is 343 g/mol. The van der Waals surface area contributed by atoms with Gasteiger partial charge in [-0.05, 0) is 37.6 Å². The third kappa shape index (κ3) is 2.78. The van der Waals surface area contributed by atoms with Gasteiger partial charge in [-0.3, -0.25) is 19.3 Å². The van der Waals surface area contributed by atoms with Crippen molar-refractivity contribution in [2.75, 3.05) is 11.9 Å². The van der Waals surface area contributed by atoms with Crippen LogP contribution in [0, 0.1) is 13.8 Å². The van der Waals surface area contributed by atoms with Gasteiger partial charge in [0.25, 0.3) is 11.8 Å². The number of carbonyl (C=O) groups excluding carboxylic acids is 3. The first-order valence-electron chi connectivity index (χ1n) is 7.40. The number of fused-ring (bicyclic) bond motifs is 1. The van der Waals surface area contributed by atoms with E-state index in [0.29, 0.717) is 5.69 Å². The molecule has 0 aromatic heterocycles. The number of halogens is 1. The zero-order valence-electron chi connectivity index (χ0n) is 13.2. The molecule has 1 heterocycles. The number of amides is 3. The third-order valence-corrected chi connectivity index (χ3v) is 4.22. The standard InChI is InChI=1S/C18H15ClN2O3/c1-10-6-7-14(11(2)8-10)20-15(22)9-21-17(23)12-4-3-5-13(19)16(12)18(21)24/h3-8H,9H2,1-2H3,(H,20,22). The highest BCUT2D eigenvalue weighted by molar-refractivity contribution is 6.37. The molecule has 1 aliphatic rings. The predicted molar refractivity (Wildman–Crippen MR) is 91.4 cm³/mol. The maximum atomic E-state index is 12.4. The van der Waals surface area contributed by atoms with E-state index in [1.807, 2.05) is 26.0 Å². The molecule has 3 amide bonds. The van der Waals surface area contributed by atoms with Gasteiger partial charge in [0.05, 0.1) is 16.1 Å². The third-order valence-electron chi connectivity index (χ3n) is 3.91. The number of rotatable bonds is 3. The lowest BCUT2D eigenvalue weighted by molar-refractivity contribution is -0.116. The maximum Gasteiger partial charge on any atom is 0.263 e. The molecule has 24 heavy (non-hydrogen) atoms. The van der Waals surface area contributed by atoms with Crippen LogP contribution >= 0.6 is 11.6 Å². The van der Waals surface area contributed by atoms with Crippen LogP contribution in [0.25, 0.3) is 0 Å². The fraction of sp³-hybridized carbons (Fsp3) is 0.167. The minimum Gasteiger partial charge on any atom is -0.324 e. The van der Waals surface area contributed by atoms with Gasteiger partial charge in [0.1, 0.15) is 6.54 Å². The van der Waals surface area contributed by atoms with E-state index in [4.69, 9.17) is 11.6 Å². The van der Waals surface area contributed by atoms with Gasteiger partial charge in [-0.25, -0.2) is 0 Å². The summed E-state index contributed by atoms with van der Waals surface area (Å²) in [5, 5.41) is 2.94. The van der Waals surface area contributed by atoms with Crippen LogP contribution in [0.3, 0.4) is 0 Å². The molecule has 0 atom stereocenters. The first-order valence-corrected chi connectivity index (χ1v) is 7.78. The Balaban J connectivity index is 1.77. The Labute approximate surface area is 144 Å². The second-order valence-corrected chi connectivity index (χ2v) is 6.13. The molecule has 0 saturated heterocycles. The Morgan fingerprint density at radius 2 is 1.88 bits per heavy atom. The summed E-state index contributed by atoms with van der Waals surface area (Å²) < 4.78 is 0. The van der Waals surface area contributed by atoms with Gasteiger partial charge in [-0.2, -0.15) is 0 Å². The molecule has 6 heteroatoms. The van der Waals surface area contributed by atoms with Crippen molar-refractivity contribution in [1.29, 1.82) is 0 Å². The highest BCUT2D eigenvalue weighted by Gasteiger charge is 2.38. The van der Waals surface area contributed by atoms with E-state index in [1.165, 1.54) is 6.07 Å². The number of nitrogens with zero attached hydrogens (tertiary/aromatic N) is 1. The number of hydrogen-bond acceptors (Lipinski definition) is 3. The first-order chi connectivity index (χ1) is 11.4. The van der Waals surface area contributed by atoms with Gasteiger partial charge in [0, 0.05) is 5.69 Å². The lowest BCUT2D eigenvalue weighted by Crippen LogP contribution is -2.37. The summed E-state index contributed by atoms with van der Waals surface area (Å²) >= 11 is 6.00. The van der Waals surface area contributed by atoms with Crippen LogP contribution in [-0.2, 0) is 4.79 Å². The Morgan fingerprint density at radius 3 is 2.54 bits per heavy atom. The summed E-state index contributed by atoms with van der Waals surface area (Å²) in [5.74, 6) is -1.49. The number of imide groups is 1. The summed E-state index contributed by atoms with van der Waals surface area (Å²) in [7, 11) is 0. The molecule has 0 radical (unpaired) electrons. The molecule has 3 rings (SSSR count). The van der Waals surface area contributed by atoms with E-state index in [1.54, 1.807) is 18.2 Å². The number of hydrogen-bond donors (Lipinski definition) is 1. The van der Waals surface area contributed by atoms with Crippen molar-refractivity contribution in [2.45, 2.75) is 13.8 Å². The van der Waals surface area contributed by atoms with Gasteiger partial charge in [0.2, 0.25) is 5.91 Å². The van der Waals surface area contributed by atoms with Crippen molar-refractivity contribution >= 4 is 35.0 Å². The van der Waals surface area contributed by atoms with Crippen LogP contribution in [0.1, 0.15) is 31.8 Å². The molecule has 0 unspecified atom stereocenters. The average Bonchev–Trinajstić information content (AvgIpc) is 2.76. The monoisotopic (exact) mass is 342 g/mol. The Bertz CT molecular complexity index is 877. The molecule has 0 spiro atoms. The molecule has 2 aromatic carbocycles. The lowest BCUT2D eigenvalue weighted by Gasteiger charge is -2.15. The van der Waals surface area contributed by atoms with Gasteiger partial charge < -0.3 is 5.32 Å². The Hall–Kier alpha value is -2.66. The molecule has 0 aliphatic carbocycles. The number of anilines is 1. The minimum atomic E-state index is -0.545. The van der Waals surface area contributed by atoms with E-state index in [2.05, 4.69) is 5.32 Å². The summed E-state index contributed by atoms with van der Waals surface area (Å²) in [6, 6.07) is 10.3. The maximum absolute atomic E-state index is 12.4. The van der Waals surface area contributed by atoms with E-state index in [9.17, 15) is 14.4 Å². The molecule has 2 aromatic rings. The van der Waals surface area contributed by atoms with Crippen LogP contribution in [0.2, 0.25) is 5.02 Å². The minimum absolute atomic E-state index is 0.156. The summed E-state index contributed by atoms with van der Waals surface area (Å²) in [6.45, 7) is 3.49. The number of aryl methyl sites for hydroxylation is 2. The Morgan fingerprint density at radius 1 is 1.12 bits per heavy atom. The topological polar surface area (TPSA) is 66.5 Å². The summed E-state index contributed by atoms with van der Waals surface area (Å²) in [6.07, 6.45) is 0. The van der Waals surface area contributed by atoms with E-state index in [0.717, 1.165) is 16.0 Å². The quantitative estimate of drug-likeness (QED) is 0.871. The van der Waals surface area contributed by atoms with Crippen molar-refractivity contribution < 1.29 is 14.4 Å². The fourth-order valence-corrected chi connectivity index (χ4v) is 2.98. The molecule has 0 saturated carbocycles. The van der Waals surface area contributed by atoms with Crippen molar-refractivity contribution in [1.82, 2.24) is 4.90 Å². The highest BCUT2D eigenvalue weighted by atomic mass is 35.5. The molecule has 1 N–H and O–H groups in total. The van der Waals surface area contributed by atoms with Crippen molar-refractivity contribution in [3.63, 3.8) is 0 Å². The van der Waals surface area contributed by atoms with E-state index < -0.39 is 17.7 Å². The van der Waals surface area contributed by atoms with E-state index >= 15 is 0 Å². The molecule has 1 aliphatic heterocycles. The lowest BCUT2D eigenvalue weighted by atomic mass is 10.1. The molecule has 0 bridgehead atoms. The Kier molecular flexibility index (Phi) is 4.11. The number of carbonyl (C=O) groups is 3. The van der Waals surface area contributed by atoms with Crippen LogP contribution in [0.4, 0.5) is 5.69 Å². The summed E-state index contributed by atoms with van der Waals surface area (Å²) in [4.78, 5) is 37.8. The molecular weight excluding hydrogens is 328 g/mol. The number of nitrogens with one attached hydrogen (secondary N) is 1. The molecular formula is C18H15ClN2O3. The van der Waals surface area contributed by atoms with Gasteiger partial charge in [-0.1, -0.05) is 35.4 Å². The van der Waals surface area contributed by atoms with Crippen LogP contribution in [0.5, 0.6) is 0 Å². The van der Waals surface area contributed by atoms with Crippen LogP contribution in [-0.4, -0.2) is 29.2 Å². The second-order valence-electron chi connectivity index (χ2n) is 5.73. The van der Waals surface area contributed by atoms with Gasteiger partial charge in [0.15, 0.2) is 0 Å². The van der Waals surface area contributed by atoms with Gasteiger partial charge >= 0.3 is 0 Å². The van der Waals surface area contributed by atoms with Crippen molar-refractivity contribution in [3.05, 3.63) is 63.7 Å². The summed E-state index contributed by atoms with van der Waals surface area (Å²) in [5.41, 5.74) is 3.03.